The van der Waals surface area contributed by atoms with Crippen molar-refractivity contribution in [3.05, 3.63) is 0 Å². The van der Waals surface area contributed by atoms with E-state index in [1.165, 1.54) is 0 Å². The van der Waals surface area contributed by atoms with Gasteiger partial charge in [-0.1, -0.05) is 12.8 Å². The summed E-state index contributed by atoms with van der Waals surface area (Å²) in [5.74, 6) is 0.700. The molecule has 0 spiro atoms. The molecule has 5 atom stereocenters. The molecule has 3 fully saturated rings. The molecule has 0 aromatic carbocycles. The molecule has 3 N–H and O–H groups in total. The summed E-state index contributed by atoms with van der Waals surface area (Å²) in [7, 11) is 0. The molecule has 0 bridgehead atoms. The predicted molar refractivity (Wildman–Crippen MR) is 85.4 cm³/mol. The first-order valence-electron chi connectivity index (χ1n) is 8.29. The van der Waals surface area contributed by atoms with Crippen LogP contribution in [0.15, 0.2) is 0 Å². The van der Waals surface area contributed by atoms with Gasteiger partial charge in [0.05, 0.1) is 12.0 Å². The zero-order valence-corrected chi connectivity index (χ0v) is 13.8. The van der Waals surface area contributed by atoms with Gasteiger partial charge in [-0.25, -0.2) is 0 Å². The van der Waals surface area contributed by atoms with E-state index in [2.05, 4.69) is 5.32 Å². The topological polar surface area (TPSA) is 64.4 Å². The fourth-order valence-electron chi connectivity index (χ4n) is 4.43. The zero-order valence-electron chi connectivity index (χ0n) is 13.0. The van der Waals surface area contributed by atoms with Gasteiger partial charge >= 0.3 is 0 Å². The van der Waals surface area contributed by atoms with E-state index in [-0.39, 0.29) is 29.8 Å². The predicted octanol–water partition coefficient (Wildman–Crippen LogP) is 2.39. The van der Waals surface area contributed by atoms with Crippen LogP contribution in [-0.4, -0.2) is 30.2 Å². The Bertz CT molecular complexity index is 375. The van der Waals surface area contributed by atoms with Crippen LogP contribution in [0.3, 0.4) is 0 Å². The molecule has 1 amide bonds. The van der Waals surface area contributed by atoms with Crippen LogP contribution in [0.1, 0.15) is 58.3 Å². The Hall–Kier alpha value is -0.320. The number of amides is 1. The maximum atomic E-state index is 12.6. The van der Waals surface area contributed by atoms with Crippen LogP contribution in [0.4, 0.5) is 0 Å². The second kappa shape index (κ2) is 6.84. The van der Waals surface area contributed by atoms with Crippen molar-refractivity contribution in [3.63, 3.8) is 0 Å². The summed E-state index contributed by atoms with van der Waals surface area (Å²) in [4.78, 5) is 12.6. The Morgan fingerprint density at radius 2 is 2.00 bits per heavy atom. The maximum absolute atomic E-state index is 12.6. The normalized spacial score (nSPS) is 42.8. The van der Waals surface area contributed by atoms with Gasteiger partial charge in [-0.15, -0.1) is 12.4 Å². The Balaban J connectivity index is 0.00000161. The quantitative estimate of drug-likeness (QED) is 0.822. The van der Waals surface area contributed by atoms with E-state index in [1.807, 2.05) is 6.92 Å². The van der Waals surface area contributed by atoms with E-state index in [0.717, 1.165) is 58.0 Å². The highest BCUT2D eigenvalue weighted by Crippen LogP contribution is 2.36. The number of carbonyl (C=O) groups is 1. The molecule has 0 aromatic heterocycles. The van der Waals surface area contributed by atoms with Gasteiger partial charge in [0.1, 0.15) is 0 Å². The summed E-state index contributed by atoms with van der Waals surface area (Å²) in [6.45, 7) is 2.90. The third-order valence-electron chi connectivity index (χ3n) is 5.68. The van der Waals surface area contributed by atoms with Crippen molar-refractivity contribution in [2.45, 2.75) is 76.0 Å². The molecule has 1 aliphatic heterocycles. The van der Waals surface area contributed by atoms with Gasteiger partial charge in [0, 0.05) is 24.1 Å². The first kappa shape index (κ1) is 17.0. The van der Waals surface area contributed by atoms with Crippen molar-refractivity contribution in [1.29, 1.82) is 0 Å². The molecule has 122 valence electrons. The van der Waals surface area contributed by atoms with Crippen LogP contribution in [0.2, 0.25) is 0 Å². The molecule has 4 nitrogen and oxygen atoms in total. The first-order valence-corrected chi connectivity index (χ1v) is 8.29. The van der Waals surface area contributed by atoms with Crippen LogP contribution < -0.4 is 11.1 Å². The highest BCUT2D eigenvalue weighted by atomic mass is 35.5. The number of rotatable bonds is 2. The van der Waals surface area contributed by atoms with Gasteiger partial charge < -0.3 is 15.8 Å². The van der Waals surface area contributed by atoms with Crippen molar-refractivity contribution in [1.82, 2.24) is 5.32 Å². The van der Waals surface area contributed by atoms with E-state index >= 15 is 0 Å². The molecular weight excluding hydrogens is 288 g/mol. The number of hydrogen-bond acceptors (Lipinski definition) is 3. The Morgan fingerprint density at radius 1 is 1.19 bits per heavy atom. The van der Waals surface area contributed by atoms with Crippen LogP contribution in [-0.2, 0) is 9.53 Å². The van der Waals surface area contributed by atoms with Crippen molar-refractivity contribution in [2.24, 2.45) is 17.6 Å². The number of nitrogens with one attached hydrogen (secondary N) is 1. The minimum Gasteiger partial charge on any atom is -0.378 e. The van der Waals surface area contributed by atoms with Gasteiger partial charge in [0.2, 0.25) is 5.91 Å². The lowest BCUT2D eigenvalue weighted by Gasteiger charge is -2.40. The summed E-state index contributed by atoms with van der Waals surface area (Å²) in [5, 5.41) is 3.32. The Labute approximate surface area is 134 Å². The molecule has 5 unspecified atom stereocenters. The molecule has 1 saturated heterocycles. The minimum absolute atomic E-state index is 0. The van der Waals surface area contributed by atoms with E-state index in [4.69, 9.17) is 10.5 Å². The van der Waals surface area contributed by atoms with Crippen molar-refractivity contribution in [2.75, 3.05) is 6.61 Å². The lowest BCUT2D eigenvalue weighted by molar-refractivity contribution is -0.129. The van der Waals surface area contributed by atoms with Crippen LogP contribution in [0, 0.1) is 11.8 Å². The monoisotopic (exact) mass is 316 g/mol. The van der Waals surface area contributed by atoms with Crippen molar-refractivity contribution in [3.8, 4) is 0 Å². The van der Waals surface area contributed by atoms with Crippen LogP contribution >= 0.6 is 12.4 Å². The van der Waals surface area contributed by atoms with Crippen LogP contribution in [0.25, 0.3) is 0 Å². The third kappa shape index (κ3) is 3.54. The smallest absolute Gasteiger partial charge is 0.225 e. The van der Waals surface area contributed by atoms with Crippen LogP contribution in [0.5, 0.6) is 0 Å². The summed E-state index contributed by atoms with van der Waals surface area (Å²) in [6.07, 6.45) is 9.09. The minimum atomic E-state index is -0.331. The summed E-state index contributed by atoms with van der Waals surface area (Å²) in [6, 6.07) is 0.307. The van der Waals surface area contributed by atoms with Gasteiger partial charge in [0.25, 0.3) is 0 Å². The number of ether oxygens (including phenoxy) is 1. The zero-order chi connectivity index (χ0) is 14.2. The van der Waals surface area contributed by atoms with Gasteiger partial charge in [-0.2, -0.15) is 0 Å². The number of nitrogens with two attached hydrogens (primary N) is 1. The fraction of sp³-hybridized carbons (Fsp3) is 0.938. The second-order valence-corrected chi connectivity index (χ2v) is 7.21. The van der Waals surface area contributed by atoms with Gasteiger partial charge in [-0.3, -0.25) is 4.79 Å². The standard InChI is InChI=1S/C16H28N2O2.ClH/c1-16(17)9-3-2-5-12(16)15(19)18-13-6-4-7-14-11(13)8-10-20-14;/h11-14H,2-10,17H2,1H3,(H,18,19);1H. The first-order chi connectivity index (χ1) is 9.58. The Morgan fingerprint density at radius 3 is 2.76 bits per heavy atom. The highest BCUT2D eigenvalue weighted by Gasteiger charge is 2.42. The molecule has 1 heterocycles. The molecule has 5 heteroatoms. The average molecular weight is 317 g/mol. The number of halogens is 1. The molecule has 2 aliphatic carbocycles. The second-order valence-electron chi connectivity index (χ2n) is 7.21. The van der Waals surface area contributed by atoms with E-state index in [9.17, 15) is 4.79 Å². The van der Waals surface area contributed by atoms with Crippen molar-refractivity contribution < 1.29 is 9.53 Å². The number of hydrogen-bond donors (Lipinski definition) is 2. The number of carbonyl (C=O) groups excluding carboxylic acids is 1. The molecule has 3 aliphatic rings. The summed E-state index contributed by atoms with van der Waals surface area (Å²) < 4.78 is 5.78. The molecule has 0 aromatic rings. The average Bonchev–Trinajstić information content (AvgIpc) is 2.87. The molecule has 21 heavy (non-hydrogen) atoms. The summed E-state index contributed by atoms with van der Waals surface area (Å²) >= 11 is 0. The molecule has 0 radical (unpaired) electrons. The Kier molecular flexibility index (Phi) is 5.55. The maximum Gasteiger partial charge on any atom is 0.225 e. The SMILES string of the molecule is CC1(N)CCCCC1C(=O)NC1CCCC2OCCC12.Cl. The fourth-order valence-corrected chi connectivity index (χ4v) is 4.43. The van der Waals surface area contributed by atoms with Gasteiger partial charge in [-0.05, 0) is 45.4 Å². The summed E-state index contributed by atoms with van der Waals surface area (Å²) in [5.41, 5.74) is 6.02. The lowest BCUT2D eigenvalue weighted by atomic mass is 9.73. The number of fused-ring (bicyclic) bond motifs is 1. The van der Waals surface area contributed by atoms with E-state index < -0.39 is 0 Å². The lowest BCUT2D eigenvalue weighted by Crippen LogP contribution is -2.56. The van der Waals surface area contributed by atoms with E-state index in [1.54, 1.807) is 0 Å². The molecule has 3 rings (SSSR count). The van der Waals surface area contributed by atoms with E-state index in [0.29, 0.717) is 18.1 Å². The molecule has 2 saturated carbocycles. The molecular formula is C16H29ClN2O2. The van der Waals surface area contributed by atoms with Gasteiger partial charge in [0.15, 0.2) is 0 Å². The third-order valence-corrected chi connectivity index (χ3v) is 5.68. The highest BCUT2D eigenvalue weighted by molar-refractivity contribution is 5.85. The largest absolute Gasteiger partial charge is 0.378 e. The van der Waals surface area contributed by atoms with Crippen molar-refractivity contribution >= 4 is 18.3 Å².